The fourth-order valence-corrected chi connectivity index (χ4v) is 2.81. The van der Waals surface area contributed by atoms with Gasteiger partial charge in [0.15, 0.2) is 11.5 Å². The fourth-order valence-electron chi connectivity index (χ4n) is 2.42. The molecule has 0 unspecified atom stereocenters. The van der Waals surface area contributed by atoms with Crippen LogP contribution in [-0.2, 0) is 0 Å². The minimum Gasteiger partial charge on any atom is -0.395 e. The van der Waals surface area contributed by atoms with E-state index in [1.54, 1.807) is 6.20 Å². The SMILES string of the molecule is OCCN1CCN(c2nc(Br)cn3ccnc23)CC1. The van der Waals surface area contributed by atoms with Crippen LogP contribution in [0.15, 0.2) is 23.2 Å². The number of β-amino-alcohol motifs (C(OH)–C–C–N with tert-alkyl or cyclic N) is 1. The number of fused-ring (bicyclic) bond motifs is 1. The van der Waals surface area contributed by atoms with Crippen molar-refractivity contribution in [2.45, 2.75) is 0 Å². The topological polar surface area (TPSA) is 56.9 Å². The van der Waals surface area contributed by atoms with Gasteiger partial charge in [0, 0.05) is 51.3 Å². The Hall–Kier alpha value is -1.18. The average molecular weight is 326 g/mol. The van der Waals surface area contributed by atoms with Crippen molar-refractivity contribution in [1.82, 2.24) is 19.3 Å². The van der Waals surface area contributed by atoms with Crippen LogP contribution in [0, 0.1) is 0 Å². The predicted molar refractivity (Wildman–Crippen MR) is 76.4 cm³/mol. The van der Waals surface area contributed by atoms with Crippen molar-refractivity contribution >= 4 is 27.4 Å². The van der Waals surface area contributed by atoms with Crippen molar-refractivity contribution in [3.8, 4) is 0 Å². The first kappa shape index (κ1) is 12.8. The molecule has 2 aromatic rings. The molecule has 0 atom stereocenters. The highest BCUT2D eigenvalue weighted by atomic mass is 79.9. The van der Waals surface area contributed by atoms with Crippen LogP contribution in [0.1, 0.15) is 0 Å². The van der Waals surface area contributed by atoms with Gasteiger partial charge in [0.2, 0.25) is 0 Å². The second kappa shape index (κ2) is 5.44. The molecule has 2 aromatic heterocycles. The quantitative estimate of drug-likeness (QED) is 0.896. The first-order valence-corrected chi connectivity index (χ1v) is 7.14. The summed E-state index contributed by atoms with van der Waals surface area (Å²) in [5, 5.41) is 8.96. The van der Waals surface area contributed by atoms with Crippen molar-refractivity contribution in [3.63, 3.8) is 0 Å². The number of piperazine rings is 1. The molecule has 6 nitrogen and oxygen atoms in total. The van der Waals surface area contributed by atoms with Gasteiger partial charge in [0.25, 0.3) is 0 Å². The molecule has 1 N–H and O–H groups in total. The van der Waals surface area contributed by atoms with E-state index in [9.17, 15) is 0 Å². The van der Waals surface area contributed by atoms with Crippen LogP contribution < -0.4 is 4.90 Å². The van der Waals surface area contributed by atoms with E-state index in [2.05, 4.69) is 35.7 Å². The Morgan fingerprint density at radius 2 is 2.05 bits per heavy atom. The molecule has 3 rings (SSSR count). The van der Waals surface area contributed by atoms with Crippen molar-refractivity contribution in [3.05, 3.63) is 23.2 Å². The first-order chi connectivity index (χ1) is 9.28. The lowest BCUT2D eigenvalue weighted by Gasteiger charge is -2.35. The van der Waals surface area contributed by atoms with Crippen LogP contribution >= 0.6 is 15.9 Å². The highest BCUT2D eigenvalue weighted by Gasteiger charge is 2.20. The van der Waals surface area contributed by atoms with Crippen molar-refractivity contribution in [1.29, 1.82) is 0 Å². The Kier molecular flexibility index (Phi) is 3.67. The van der Waals surface area contributed by atoms with Crippen LogP contribution in [0.5, 0.6) is 0 Å². The maximum absolute atomic E-state index is 8.96. The van der Waals surface area contributed by atoms with Gasteiger partial charge in [-0.1, -0.05) is 0 Å². The lowest BCUT2D eigenvalue weighted by atomic mass is 10.3. The summed E-state index contributed by atoms with van der Waals surface area (Å²) in [4.78, 5) is 13.4. The van der Waals surface area contributed by atoms with E-state index in [1.165, 1.54) is 0 Å². The summed E-state index contributed by atoms with van der Waals surface area (Å²) < 4.78 is 2.79. The summed E-state index contributed by atoms with van der Waals surface area (Å²) >= 11 is 3.44. The molecule has 102 valence electrons. The molecule has 7 heteroatoms. The van der Waals surface area contributed by atoms with Crippen LogP contribution in [0.4, 0.5) is 5.82 Å². The summed E-state index contributed by atoms with van der Waals surface area (Å²) in [6.45, 7) is 4.68. The summed E-state index contributed by atoms with van der Waals surface area (Å²) in [6, 6.07) is 0. The third-order valence-corrected chi connectivity index (χ3v) is 3.80. The van der Waals surface area contributed by atoms with Crippen LogP contribution in [0.3, 0.4) is 0 Å². The molecule has 0 saturated carbocycles. The largest absolute Gasteiger partial charge is 0.395 e. The molecule has 1 fully saturated rings. The van der Waals surface area contributed by atoms with E-state index in [1.807, 2.05) is 16.8 Å². The van der Waals surface area contributed by atoms with Gasteiger partial charge >= 0.3 is 0 Å². The summed E-state index contributed by atoms with van der Waals surface area (Å²) in [5.41, 5.74) is 0.888. The van der Waals surface area contributed by atoms with E-state index in [4.69, 9.17) is 5.11 Å². The second-order valence-electron chi connectivity index (χ2n) is 4.60. The second-order valence-corrected chi connectivity index (χ2v) is 5.41. The van der Waals surface area contributed by atoms with Gasteiger partial charge in [-0.3, -0.25) is 4.90 Å². The van der Waals surface area contributed by atoms with E-state index < -0.39 is 0 Å². The zero-order valence-corrected chi connectivity index (χ0v) is 12.1. The standard InChI is InChI=1S/C12H16BrN5O/c13-10-9-18-2-1-14-11(18)12(15-10)17-5-3-16(4-6-17)7-8-19/h1-2,9,19H,3-8H2. The van der Waals surface area contributed by atoms with Gasteiger partial charge in [-0.2, -0.15) is 0 Å². The van der Waals surface area contributed by atoms with Crippen molar-refractivity contribution in [2.24, 2.45) is 0 Å². The van der Waals surface area contributed by atoms with Gasteiger partial charge in [0.1, 0.15) is 4.60 Å². The Morgan fingerprint density at radius 1 is 1.26 bits per heavy atom. The Bertz CT molecular complexity index is 564. The minimum absolute atomic E-state index is 0.222. The van der Waals surface area contributed by atoms with Gasteiger partial charge < -0.3 is 14.4 Å². The Morgan fingerprint density at radius 3 is 2.79 bits per heavy atom. The Balaban J connectivity index is 1.83. The number of aliphatic hydroxyl groups excluding tert-OH is 1. The molecule has 0 aliphatic carbocycles. The summed E-state index contributed by atoms with van der Waals surface area (Å²) in [5.74, 6) is 0.919. The van der Waals surface area contributed by atoms with Gasteiger partial charge in [-0.25, -0.2) is 9.97 Å². The van der Waals surface area contributed by atoms with Crippen LogP contribution in [0.25, 0.3) is 5.65 Å². The van der Waals surface area contributed by atoms with Crippen LogP contribution in [-0.4, -0.2) is 63.7 Å². The lowest BCUT2D eigenvalue weighted by Crippen LogP contribution is -2.47. The molecule has 0 bridgehead atoms. The number of aliphatic hydroxyl groups is 1. The summed E-state index contributed by atoms with van der Waals surface area (Å²) in [6.07, 6.45) is 5.62. The molecule has 0 amide bonds. The van der Waals surface area contributed by atoms with E-state index in [0.717, 1.165) is 48.8 Å². The molecule has 1 aliphatic rings. The lowest BCUT2D eigenvalue weighted by molar-refractivity contribution is 0.188. The zero-order valence-electron chi connectivity index (χ0n) is 10.5. The maximum Gasteiger partial charge on any atom is 0.180 e. The number of hydrogen-bond donors (Lipinski definition) is 1. The first-order valence-electron chi connectivity index (χ1n) is 6.35. The van der Waals surface area contributed by atoms with Gasteiger partial charge in [-0.05, 0) is 15.9 Å². The Labute approximate surface area is 119 Å². The van der Waals surface area contributed by atoms with Crippen molar-refractivity contribution < 1.29 is 5.11 Å². The average Bonchev–Trinajstić information content (AvgIpc) is 2.87. The molecular weight excluding hydrogens is 310 g/mol. The third kappa shape index (κ3) is 2.58. The molecule has 19 heavy (non-hydrogen) atoms. The molecule has 0 aromatic carbocycles. The van der Waals surface area contributed by atoms with Crippen LogP contribution in [0.2, 0.25) is 0 Å². The number of aromatic nitrogens is 3. The molecule has 0 spiro atoms. The van der Waals surface area contributed by atoms with E-state index in [0.29, 0.717) is 0 Å². The smallest absolute Gasteiger partial charge is 0.180 e. The number of anilines is 1. The fraction of sp³-hybridized carbons (Fsp3) is 0.500. The number of rotatable bonds is 3. The maximum atomic E-state index is 8.96. The number of hydrogen-bond acceptors (Lipinski definition) is 5. The van der Waals surface area contributed by atoms with E-state index in [-0.39, 0.29) is 6.61 Å². The zero-order chi connectivity index (χ0) is 13.2. The minimum atomic E-state index is 0.222. The molecule has 1 saturated heterocycles. The normalized spacial score (nSPS) is 17.3. The molecule has 0 radical (unpaired) electrons. The summed E-state index contributed by atoms with van der Waals surface area (Å²) in [7, 11) is 0. The van der Waals surface area contributed by atoms with Gasteiger partial charge in [-0.15, -0.1) is 0 Å². The molecule has 3 heterocycles. The number of imidazole rings is 1. The van der Waals surface area contributed by atoms with Gasteiger partial charge in [0.05, 0.1) is 6.61 Å². The van der Waals surface area contributed by atoms with E-state index >= 15 is 0 Å². The highest BCUT2D eigenvalue weighted by molar-refractivity contribution is 9.10. The monoisotopic (exact) mass is 325 g/mol. The highest BCUT2D eigenvalue weighted by Crippen LogP contribution is 2.22. The third-order valence-electron chi connectivity index (χ3n) is 3.42. The van der Waals surface area contributed by atoms with Crippen molar-refractivity contribution in [2.75, 3.05) is 44.2 Å². The molecule has 1 aliphatic heterocycles. The predicted octanol–water partition coefficient (Wildman–Crippen LogP) is 0.606. The number of nitrogens with zero attached hydrogens (tertiary/aromatic N) is 5. The number of halogens is 1. The molecular formula is C12H16BrN5O.